The van der Waals surface area contributed by atoms with E-state index in [4.69, 9.17) is 21.1 Å². The summed E-state index contributed by atoms with van der Waals surface area (Å²) >= 11 is 6.39. The molecule has 3 rings (SSSR count). The average Bonchev–Trinajstić information content (AvgIpc) is 3.51. The zero-order chi connectivity index (χ0) is 19.2. The Labute approximate surface area is 179 Å². The molecule has 158 valence electrons. The monoisotopic (exact) mass is 430 g/mol. The minimum absolute atomic E-state index is 0. The molecule has 1 saturated heterocycles. The second-order valence-electron chi connectivity index (χ2n) is 7.61. The van der Waals surface area contributed by atoms with E-state index in [0.717, 1.165) is 51.2 Å². The van der Waals surface area contributed by atoms with Gasteiger partial charge in [0.25, 0.3) is 5.91 Å². The topological polar surface area (TPSA) is 50.8 Å². The van der Waals surface area contributed by atoms with Gasteiger partial charge in [-0.1, -0.05) is 24.9 Å². The Kier molecular flexibility index (Phi) is 9.19. The van der Waals surface area contributed by atoms with Gasteiger partial charge in [-0.2, -0.15) is 0 Å². The number of nitrogens with zero attached hydrogens (tertiary/aromatic N) is 1. The number of halogens is 2. The standard InChI is InChI=1S/C21H31ClN2O3.ClH/c1-3-4-11-27-20-18(22)12-16(13-19(20)26-2)21(25)24-9-7-17(8-10-24)23-14-15-5-6-15;/h12-13,15,17,23H,3-11,14H2,1-2H3;1H. The zero-order valence-corrected chi connectivity index (χ0v) is 18.4. The number of carbonyl (C=O) groups is 1. The highest BCUT2D eigenvalue weighted by Crippen LogP contribution is 2.37. The van der Waals surface area contributed by atoms with Crippen molar-refractivity contribution in [3.8, 4) is 11.5 Å². The van der Waals surface area contributed by atoms with Crippen LogP contribution in [0.3, 0.4) is 0 Å². The lowest BCUT2D eigenvalue weighted by molar-refractivity contribution is 0.0704. The van der Waals surface area contributed by atoms with Gasteiger partial charge in [-0.25, -0.2) is 0 Å². The molecule has 0 aromatic heterocycles. The van der Waals surface area contributed by atoms with Crippen molar-refractivity contribution in [2.75, 3.05) is 33.4 Å². The second kappa shape index (κ2) is 11.1. The van der Waals surface area contributed by atoms with Crippen LogP contribution in [0.1, 0.15) is 55.8 Å². The minimum Gasteiger partial charge on any atom is -0.493 e. The largest absolute Gasteiger partial charge is 0.493 e. The van der Waals surface area contributed by atoms with Gasteiger partial charge in [-0.15, -0.1) is 12.4 Å². The van der Waals surface area contributed by atoms with E-state index in [1.807, 2.05) is 4.90 Å². The second-order valence-corrected chi connectivity index (χ2v) is 8.02. The van der Waals surface area contributed by atoms with Gasteiger partial charge in [0, 0.05) is 24.7 Å². The molecule has 2 fully saturated rings. The Morgan fingerprint density at radius 1 is 1.25 bits per heavy atom. The fraction of sp³-hybridized carbons (Fsp3) is 0.667. The lowest BCUT2D eigenvalue weighted by Gasteiger charge is -2.32. The predicted octanol–water partition coefficient (Wildman–Crippen LogP) is 4.55. The summed E-state index contributed by atoms with van der Waals surface area (Å²) in [6.07, 6.45) is 6.73. The van der Waals surface area contributed by atoms with Crippen LogP contribution in [0.15, 0.2) is 12.1 Å². The third-order valence-corrected chi connectivity index (χ3v) is 5.68. The third-order valence-electron chi connectivity index (χ3n) is 5.39. The van der Waals surface area contributed by atoms with Crippen LogP contribution in [0.2, 0.25) is 5.02 Å². The number of ether oxygens (including phenoxy) is 2. The van der Waals surface area contributed by atoms with Crippen molar-refractivity contribution in [2.45, 2.75) is 51.5 Å². The molecule has 2 aliphatic rings. The summed E-state index contributed by atoms with van der Waals surface area (Å²) < 4.78 is 11.2. The van der Waals surface area contributed by atoms with E-state index in [1.54, 1.807) is 19.2 Å². The van der Waals surface area contributed by atoms with Gasteiger partial charge in [0.2, 0.25) is 0 Å². The number of unbranched alkanes of at least 4 members (excludes halogenated alkanes) is 1. The van der Waals surface area contributed by atoms with E-state index < -0.39 is 0 Å². The average molecular weight is 431 g/mol. The number of likely N-dealkylation sites (tertiary alicyclic amines) is 1. The van der Waals surface area contributed by atoms with E-state index in [2.05, 4.69) is 12.2 Å². The highest BCUT2D eigenvalue weighted by molar-refractivity contribution is 6.32. The number of methoxy groups -OCH3 is 1. The molecule has 1 aromatic rings. The van der Waals surface area contributed by atoms with Gasteiger partial charge >= 0.3 is 0 Å². The number of carbonyl (C=O) groups excluding carboxylic acids is 1. The van der Waals surface area contributed by atoms with Crippen LogP contribution in [-0.4, -0.2) is 50.2 Å². The molecule has 1 aromatic carbocycles. The number of amides is 1. The van der Waals surface area contributed by atoms with Crippen molar-refractivity contribution in [3.63, 3.8) is 0 Å². The summed E-state index contributed by atoms with van der Waals surface area (Å²) in [5.74, 6) is 1.93. The van der Waals surface area contributed by atoms with Crippen molar-refractivity contribution in [2.24, 2.45) is 5.92 Å². The number of benzene rings is 1. The lowest BCUT2D eigenvalue weighted by atomic mass is 10.0. The maximum Gasteiger partial charge on any atom is 0.254 e. The van der Waals surface area contributed by atoms with Gasteiger partial charge in [-0.05, 0) is 56.7 Å². The van der Waals surface area contributed by atoms with E-state index in [1.165, 1.54) is 12.8 Å². The van der Waals surface area contributed by atoms with Gasteiger partial charge in [0.05, 0.1) is 18.7 Å². The zero-order valence-electron chi connectivity index (χ0n) is 16.8. The molecule has 0 bridgehead atoms. The molecule has 1 heterocycles. The van der Waals surface area contributed by atoms with Crippen LogP contribution < -0.4 is 14.8 Å². The molecular formula is C21H32Cl2N2O3. The van der Waals surface area contributed by atoms with E-state index in [-0.39, 0.29) is 18.3 Å². The molecule has 0 atom stereocenters. The van der Waals surface area contributed by atoms with Crippen molar-refractivity contribution >= 4 is 29.9 Å². The van der Waals surface area contributed by atoms with E-state index in [9.17, 15) is 4.79 Å². The predicted molar refractivity (Wildman–Crippen MR) is 115 cm³/mol. The summed E-state index contributed by atoms with van der Waals surface area (Å²) in [5, 5.41) is 4.07. The van der Waals surface area contributed by atoms with Crippen molar-refractivity contribution < 1.29 is 14.3 Å². The molecule has 0 radical (unpaired) electrons. The molecule has 1 saturated carbocycles. The number of hydrogen-bond donors (Lipinski definition) is 1. The van der Waals surface area contributed by atoms with Crippen molar-refractivity contribution in [1.82, 2.24) is 10.2 Å². The number of nitrogens with one attached hydrogen (secondary N) is 1. The van der Waals surface area contributed by atoms with Crippen LogP contribution in [0, 0.1) is 5.92 Å². The molecule has 1 aliphatic carbocycles. The molecule has 5 nitrogen and oxygen atoms in total. The van der Waals surface area contributed by atoms with Crippen molar-refractivity contribution in [3.05, 3.63) is 22.7 Å². The smallest absolute Gasteiger partial charge is 0.254 e. The molecule has 7 heteroatoms. The minimum atomic E-state index is 0. The Balaban J connectivity index is 0.00000280. The number of hydrogen-bond acceptors (Lipinski definition) is 4. The van der Waals surface area contributed by atoms with E-state index >= 15 is 0 Å². The van der Waals surface area contributed by atoms with Crippen LogP contribution >= 0.6 is 24.0 Å². The SMILES string of the molecule is CCCCOc1c(Cl)cc(C(=O)N2CCC(NCC3CC3)CC2)cc1OC.Cl. The van der Waals surface area contributed by atoms with Crippen molar-refractivity contribution in [1.29, 1.82) is 0 Å². The summed E-state index contributed by atoms with van der Waals surface area (Å²) in [5.41, 5.74) is 0.559. The first-order valence-electron chi connectivity index (χ1n) is 10.1. The van der Waals surface area contributed by atoms with Gasteiger partial charge in [0.1, 0.15) is 0 Å². The van der Waals surface area contributed by atoms with Crippen LogP contribution in [0.4, 0.5) is 0 Å². The van der Waals surface area contributed by atoms with Gasteiger partial charge in [-0.3, -0.25) is 4.79 Å². The highest BCUT2D eigenvalue weighted by atomic mass is 35.5. The maximum atomic E-state index is 12.9. The molecule has 1 N–H and O–H groups in total. The Morgan fingerprint density at radius 2 is 1.96 bits per heavy atom. The molecular weight excluding hydrogens is 399 g/mol. The molecule has 0 spiro atoms. The van der Waals surface area contributed by atoms with Crippen LogP contribution in [-0.2, 0) is 0 Å². The quantitative estimate of drug-likeness (QED) is 0.583. The number of rotatable bonds is 9. The Hall–Kier alpha value is -1.17. The van der Waals surface area contributed by atoms with E-state index in [0.29, 0.717) is 34.7 Å². The fourth-order valence-corrected chi connectivity index (χ4v) is 3.69. The Morgan fingerprint density at radius 3 is 2.57 bits per heavy atom. The third kappa shape index (κ3) is 6.16. The van der Waals surface area contributed by atoms with Crippen LogP contribution in [0.5, 0.6) is 11.5 Å². The summed E-state index contributed by atoms with van der Waals surface area (Å²) in [7, 11) is 1.57. The summed E-state index contributed by atoms with van der Waals surface area (Å²) in [4.78, 5) is 14.8. The number of piperidine rings is 1. The van der Waals surface area contributed by atoms with Gasteiger partial charge < -0.3 is 19.7 Å². The maximum absolute atomic E-state index is 12.9. The normalized spacial score (nSPS) is 17.2. The van der Waals surface area contributed by atoms with Gasteiger partial charge in [0.15, 0.2) is 11.5 Å². The van der Waals surface area contributed by atoms with Crippen LogP contribution in [0.25, 0.3) is 0 Å². The first-order chi connectivity index (χ1) is 13.1. The summed E-state index contributed by atoms with van der Waals surface area (Å²) in [6.45, 7) is 5.37. The molecule has 28 heavy (non-hydrogen) atoms. The first kappa shape index (κ1) is 23.1. The first-order valence-corrected chi connectivity index (χ1v) is 10.5. The molecule has 0 unspecified atom stereocenters. The fourth-order valence-electron chi connectivity index (χ4n) is 3.43. The lowest BCUT2D eigenvalue weighted by Crippen LogP contribution is -2.45. The summed E-state index contributed by atoms with van der Waals surface area (Å²) in [6, 6.07) is 3.97. The highest BCUT2D eigenvalue weighted by Gasteiger charge is 2.27. The molecule has 1 aliphatic heterocycles. The molecule has 1 amide bonds. The Bertz CT molecular complexity index is 645.